The van der Waals surface area contributed by atoms with Gasteiger partial charge < -0.3 is 14.8 Å². The Kier molecular flexibility index (Phi) is 5.44. The van der Waals surface area contributed by atoms with Gasteiger partial charge in [-0.15, -0.1) is 10.2 Å². The van der Waals surface area contributed by atoms with E-state index in [4.69, 9.17) is 9.47 Å². The zero-order valence-corrected chi connectivity index (χ0v) is 17.4. The van der Waals surface area contributed by atoms with Gasteiger partial charge in [0.05, 0.1) is 11.6 Å². The molecule has 1 aliphatic rings. The molecule has 0 radical (unpaired) electrons. The van der Waals surface area contributed by atoms with Crippen LogP contribution in [-0.2, 0) is 20.8 Å². The van der Waals surface area contributed by atoms with Gasteiger partial charge in [0.2, 0.25) is 15.7 Å². The molecule has 13 heteroatoms. The van der Waals surface area contributed by atoms with E-state index in [9.17, 15) is 26.4 Å². The van der Waals surface area contributed by atoms with E-state index in [1.165, 1.54) is 0 Å². The molecule has 3 heterocycles. The van der Waals surface area contributed by atoms with Crippen molar-refractivity contribution < 1.29 is 35.9 Å². The van der Waals surface area contributed by atoms with Crippen LogP contribution in [-0.4, -0.2) is 47.9 Å². The minimum absolute atomic E-state index is 0.0957. The van der Waals surface area contributed by atoms with Crippen molar-refractivity contribution in [3.63, 3.8) is 0 Å². The Balaban J connectivity index is 1.51. The number of hydrogen-bond acceptors (Lipinski definition) is 7. The zero-order chi connectivity index (χ0) is 23.1. The molecule has 3 aromatic rings. The van der Waals surface area contributed by atoms with E-state index in [0.29, 0.717) is 40.9 Å². The summed E-state index contributed by atoms with van der Waals surface area (Å²) in [7, 11) is -4.38. The number of amides is 1. The van der Waals surface area contributed by atoms with Crippen LogP contribution in [0.15, 0.2) is 41.7 Å². The summed E-state index contributed by atoms with van der Waals surface area (Å²) in [6, 6.07) is 6.27. The van der Waals surface area contributed by atoms with Crippen LogP contribution in [0.4, 0.5) is 13.2 Å². The van der Waals surface area contributed by atoms with Crippen LogP contribution < -0.4 is 14.8 Å². The first-order valence-corrected chi connectivity index (χ1v) is 11.0. The molecule has 1 unspecified atom stereocenters. The number of hydrogen-bond donors (Lipinski definition) is 1. The van der Waals surface area contributed by atoms with Crippen LogP contribution in [0.5, 0.6) is 11.5 Å². The minimum Gasteiger partial charge on any atom is -0.486 e. The maximum Gasteiger partial charge on any atom is 0.417 e. The van der Waals surface area contributed by atoms with Gasteiger partial charge in [0.1, 0.15) is 19.0 Å². The highest BCUT2D eigenvalue weighted by Crippen LogP contribution is 2.33. The number of ether oxygens (including phenoxy) is 2. The number of nitrogens with zero attached hydrogens (tertiary/aromatic N) is 3. The number of carbonyl (C=O) groups excluding carboxylic acids is 1. The number of aromatic nitrogens is 3. The van der Waals surface area contributed by atoms with E-state index in [2.05, 4.69) is 15.5 Å². The third-order valence-corrected chi connectivity index (χ3v) is 6.22. The third kappa shape index (κ3) is 4.33. The average Bonchev–Trinajstić information content (AvgIpc) is 3.16. The molecule has 1 aliphatic heterocycles. The Morgan fingerprint density at radius 1 is 1.16 bits per heavy atom. The quantitative estimate of drug-likeness (QED) is 0.608. The van der Waals surface area contributed by atoms with Gasteiger partial charge in [-0.2, -0.15) is 13.2 Å². The lowest BCUT2D eigenvalue weighted by molar-refractivity contribution is -0.137. The van der Waals surface area contributed by atoms with Gasteiger partial charge in [-0.1, -0.05) is 6.07 Å². The van der Waals surface area contributed by atoms with E-state index >= 15 is 0 Å². The number of sulfone groups is 1. The summed E-state index contributed by atoms with van der Waals surface area (Å²) >= 11 is 0. The highest BCUT2D eigenvalue weighted by atomic mass is 32.2. The molecular formula is C19H17F3N4O5S. The third-order valence-electron chi connectivity index (χ3n) is 4.74. The zero-order valence-electron chi connectivity index (χ0n) is 16.6. The van der Waals surface area contributed by atoms with E-state index in [1.807, 2.05) is 0 Å². The predicted molar refractivity (Wildman–Crippen MR) is 104 cm³/mol. The van der Waals surface area contributed by atoms with Crippen LogP contribution in [0.2, 0.25) is 0 Å². The van der Waals surface area contributed by atoms with Crippen LogP contribution in [0.3, 0.4) is 0 Å². The lowest BCUT2D eigenvalue weighted by Crippen LogP contribution is -2.33. The summed E-state index contributed by atoms with van der Waals surface area (Å²) in [6.07, 6.45) is -4.10. The molecule has 170 valence electrons. The lowest BCUT2D eigenvalue weighted by atomic mass is 10.1. The Morgan fingerprint density at radius 2 is 1.88 bits per heavy atom. The van der Waals surface area contributed by atoms with Crippen molar-refractivity contribution in [2.45, 2.75) is 24.3 Å². The van der Waals surface area contributed by atoms with Gasteiger partial charge in [-0.25, -0.2) is 8.42 Å². The number of nitrogens with one attached hydrogen (secondary N) is 1. The van der Waals surface area contributed by atoms with Gasteiger partial charge in [-0.3, -0.25) is 9.20 Å². The first-order chi connectivity index (χ1) is 15.0. The molecule has 0 saturated heterocycles. The number of fused-ring (bicyclic) bond motifs is 2. The van der Waals surface area contributed by atoms with Gasteiger partial charge >= 0.3 is 6.18 Å². The number of rotatable bonds is 5. The van der Waals surface area contributed by atoms with Crippen LogP contribution in [0, 0.1) is 0 Å². The molecule has 0 saturated carbocycles. The molecule has 1 atom stereocenters. The van der Waals surface area contributed by atoms with Crippen molar-refractivity contribution >= 4 is 21.4 Å². The highest BCUT2D eigenvalue weighted by Gasteiger charge is 2.33. The second-order valence-electron chi connectivity index (χ2n) is 7.08. The summed E-state index contributed by atoms with van der Waals surface area (Å²) in [5.74, 6) is -0.786. The Labute approximate surface area is 180 Å². The summed E-state index contributed by atoms with van der Waals surface area (Å²) < 4.78 is 76.0. The molecule has 4 rings (SSSR count). The maximum atomic E-state index is 13.0. The van der Waals surface area contributed by atoms with Crippen molar-refractivity contribution in [3.8, 4) is 11.5 Å². The number of carbonyl (C=O) groups is 1. The molecule has 0 fully saturated rings. The predicted octanol–water partition coefficient (Wildman–Crippen LogP) is 2.17. The second kappa shape index (κ2) is 7.97. The summed E-state index contributed by atoms with van der Waals surface area (Å²) in [5.41, 5.74) is -0.512. The first kappa shape index (κ1) is 21.9. The van der Waals surface area contributed by atoms with E-state index in [1.54, 1.807) is 25.1 Å². The topological polar surface area (TPSA) is 112 Å². The van der Waals surface area contributed by atoms with Crippen LogP contribution in [0.1, 0.15) is 24.1 Å². The van der Waals surface area contributed by atoms with Crippen molar-refractivity contribution in [1.29, 1.82) is 0 Å². The van der Waals surface area contributed by atoms with Gasteiger partial charge in [0.25, 0.3) is 5.16 Å². The van der Waals surface area contributed by atoms with Crippen molar-refractivity contribution in [2.24, 2.45) is 0 Å². The normalized spacial score (nSPS) is 14.9. The first-order valence-electron chi connectivity index (χ1n) is 9.38. The maximum absolute atomic E-state index is 13.0. The Morgan fingerprint density at radius 3 is 2.59 bits per heavy atom. The van der Waals surface area contributed by atoms with Gasteiger partial charge in [-0.05, 0) is 36.8 Å². The molecule has 0 aliphatic carbocycles. The number of pyridine rings is 1. The smallest absolute Gasteiger partial charge is 0.417 e. The molecule has 1 aromatic carbocycles. The minimum atomic E-state index is -4.68. The summed E-state index contributed by atoms with van der Waals surface area (Å²) in [5, 5.41) is 8.85. The highest BCUT2D eigenvalue weighted by molar-refractivity contribution is 7.91. The fourth-order valence-electron chi connectivity index (χ4n) is 3.18. The van der Waals surface area contributed by atoms with Crippen molar-refractivity contribution in [2.75, 3.05) is 19.0 Å². The molecular weight excluding hydrogens is 453 g/mol. The molecule has 1 amide bonds. The molecule has 0 spiro atoms. The largest absolute Gasteiger partial charge is 0.486 e. The standard InChI is InChI=1S/C19H17F3N4O5S/c1-11(12-2-4-14-15(8-12)31-7-6-30-14)23-17(27)10-32(28,29)18-25-24-16-5-3-13(9-26(16)18)19(20,21)22/h2-5,8-9,11H,6-7,10H2,1H3,(H,23,27). The van der Waals surface area contributed by atoms with Crippen LogP contribution >= 0.6 is 0 Å². The SMILES string of the molecule is CC(NC(=O)CS(=O)(=O)c1nnc2ccc(C(F)(F)F)cn12)c1ccc2c(c1)OCCO2. The molecule has 32 heavy (non-hydrogen) atoms. The van der Waals surface area contributed by atoms with Crippen molar-refractivity contribution in [3.05, 3.63) is 47.7 Å². The van der Waals surface area contributed by atoms with Gasteiger partial charge in [0, 0.05) is 6.20 Å². The molecule has 0 bridgehead atoms. The monoisotopic (exact) mass is 470 g/mol. The molecule has 9 nitrogen and oxygen atoms in total. The average molecular weight is 470 g/mol. The van der Waals surface area contributed by atoms with Crippen molar-refractivity contribution in [1.82, 2.24) is 19.9 Å². The van der Waals surface area contributed by atoms with E-state index < -0.39 is 44.4 Å². The fraction of sp³-hybridized carbons (Fsp3) is 0.316. The molecule has 1 N–H and O–H groups in total. The Bertz CT molecular complexity index is 1290. The van der Waals surface area contributed by atoms with Gasteiger partial charge in [0.15, 0.2) is 17.1 Å². The lowest BCUT2D eigenvalue weighted by Gasteiger charge is -2.21. The molecule has 2 aromatic heterocycles. The fourth-order valence-corrected chi connectivity index (χ4v) is 4.35. The van der Waals surface area contributed by atoms with E-state index in [-0.39, 0.29) is 5.65 Å². The summed E-state index contributed by atoms with van der Waals surface area (Å²) in [6.45, 7) is 2.47. The second-order valence-corrected chi connectivity index (χ2v) is 8.96. The van der Waals surface area contributed by atoms with Crippen LogP contribution in [0.25, 0.3) is 5.65 Å². The Hall–Kier alpha value is -3.35. The number of alkyl halides is 3. The van der Waals surface area contributed by atoms with E-state index in [0.717, 1.165) is 12.1 Å². The number of benzene rings is 1. The number of halogens is 3. The summed E-state index contributed by atoms with van der Waals surface area (Å²) in [4.78, 5) is 12.4.